The molecule has 1 amide bonds. The normalized spacial score (nSPS) is 22.9. The molecular weight excluding hydrogens is 224 g/mol. The van der Waals surface area contributed by atoms with Crippen LogP contribution in [-0.4, -0.2) is 24.5 Å². The number of carbonyl (C=O) groups is 1. The van der Waals surface area contributed by atoms with Crippen LogP contribution in [0.5, 0.6) is 0 Å². The van der Waals surface area contributed by atoms with Crippen LogP contribution >= 0.6 is 0 Å². The SMILES string of the molecule is O=C(CCNC1CCCCCC1)NC1CCCC1. The molecule has 0 aromatic heterocycles. The third-order valence-electron chi connectivity index (χ3n) is 4.36. The Balaban J connectivity index is 1.54. The first-order valence-corrected chi connectivity index (χ1v) is 7.87. The minimum Gasteiger partial charge on any atom is -0.353 e. The maximum Gasteiger partial charge on any atom is 0.221 e. The van der Waals surface area contributed by atoms with Crippen LogP contribution in [0.4, 0.5) is 0 Å². The van der Waals surface area contributed by atoms with E-state index in [1.54, 1.807) is 0 Å². The fourth-order valence-electron chi connectivity index (χ4n) is 3.24. The molecule has 0 radical (unpaired) electrons. The lowest BCUT2D eigenvalue weighted by Crippen LogP contribution is -2.36. The minimum atomic E-state index is 0.239. The summed E-state index contributed by atoms with van der Waals surface area (Å²) in [6.07, 6.45) is 13.7. The summed E-state index contributed by atoms with van der Waals surface area (Å²) >= 11 is 0. The maximum absolute atomic E-state index is 11.8. The van der Waals surface area contributed by atoms with Crippen LogP contribution in [0.1, 0.15) is 70.6 Å². The first-order valence-electron chi connectivity index (χ1n) is 7.87. The fourth-order valence-corrected chi connectivity index (χ4v) is 3.24. The van der Waals surface area contributed by atoms with Crippen molar-refractivity contribution < 1.29 is 4.79 Å². The lowest BCUT2D eigenvalue weighted by atomic mass is 10.1. The van der Waals surface area contributed by atoms with Crippen molar-refractivity contribution in [2.24, 2.45) is 0 Å². The molecule has 2 rings (SSSR count). The molecule has 0 aromatic carbocycles. The molecule has 2 aliphatic rings. The minimum absolute atomic E-state index is 0.239. The van der Waals surface area contributed by atoms with Crippen LogP contribution in [0.15, 0.2) is 0 Å². The van der Waals surface area contributed by atoms with Gasteiger partial charge in [-0.1, -0.05) is 38.5 Å². The molecule has 104 valence electrons. The first-order chi connectivity index (χ1) is 8.84. The molecule has 0 spiro atoms. The molecule has 18 heavy (non-hydrogen) atoms. The number of hydrogen-bond donors (Lipinski definition) is 2. The lowest BCUT2D eigenvalue weighted by Gasteiger charge is -2.17. The second-order valence-electron chi connectivity index (χ2n) is 5.94. The van der Waals surface area contributed by atoms with Crippen LogP contribution in [0.2, 0.25) is 0 Å². The Kier molecular flexibility index (Phi) is 5.98. The Hall–Kier alpha value is -0.570. The number of carbonyl (C=O) groups excluding carboxylic acids is 1. The van der Waals surface area contributed by atoms with Crippen LogP contribution in [0, 0.1) is 0 Å². The second kappa shape index (κ2) is 7.78. The summed E-state index contributed by atoms with van der Waals surface area (Å²) in [5, 5.41) is 6.71. The summed E-state index contributed by atoms with van der Waals surface area (Å²) in [5.41, 5.74) is 0. The van der Waals surface area contributed by atoms with Gasteiger partial charge in [0.15, 0.2) is 0 Å². The molecule has 0 aromatic rings. The summed E-state index contributed by atoms with van der Waals surface area (Å²) in [4.78, 5) is 11.8. The first kappa shape index (κ1) is 13.9. The van der Waals surface area contributed by atoms with E-state index in [2.05, 4.69) is 10.6 Å². The van der Waals surface area contributed by atoms with E-state index in [1.165, 1.54) is 64.2 Å². The van der Waals surface area contributed by atoms with Crippen LogP contribution < -0.4 is 10.6 Å². The molecule has 2 N–H and O–H groups in total. The van der Waals surface area contributed by atoms with Crippen LogP contribution in [0.25, 0.3) is 0 Å². The molecule has 3 nitrogen and oxygen atoms in total. The van der Waals surface area contributed by atoms with Crippen molar-refractivity contribution in [3.63, 3.8) is 0 Å². The van der Waals surface area contributed by atoms with Gasteiger partial charge < -0.3 is 10.6 Å². The van der Waals surface area contributed by atoms with Gasteiger partial charge in [-0.05, 0) is 25.7 Å². The van der Waals surface area contributed by atoms with E-state index in [4.69, 9.17) is 0 Å². The van der Waals surface area contributed by atoms with Crippen molar-refractivity contribution in [2.45, 2.75) is 82.7 Å². The molecule has 0 aliphatic heterocycles. The zero-order valence-corrected chi connectivity index (χ0v) is 11.5. The predicted octanol–water partition coefficient (Wildman–Crippen LogP) is 2.75. The molecule has 0 unspecified atom stereocenters. The van der Waals surface area contributed by atoms with Crippen molar-refractivity contribution >= 4 is 5.91 Å². The summed E-state index contributed by atoms with van der Waals surface area (Å²) in [5.74, 6) is 0.239. The number of nitrogens with one attached hydrogen (secondary N) is 2. The Morgan fingerprint density at radius 3 is 2.06 bits per heavy atom. The highest BCUT2D eigenvalue weighted by atomic mass is 16.1. The van der Waals surface area contributed by atoms with E-state index in [1.807, 2.05) is 0 Å². The van der Waals surface area contributed by atoms with Crippen LogP contribution in [0.3, 0.4) is 0 Å². The average molecular weight is 252 g/mol. The predicted molar refractivity (Wildman–Crippen MR) is 74.5 cm³/mol. The van der Waals surface area contributed by atoms with Gasteiger partial charge >= 0.3 is 0 Å². The van der Waals surface area contributed by atoms with Crippen molar-refractivity contribution in [2.75, 3.05) is 6.54 Å². The standard InChI is InChI=1S/C15H28N2O/c18-15(17-14-9-5-6-10-14)11-12-16-13-7-3-1-2-4-8-13/h13-14,16H,1-12H2,(H,17,18). The summed E-state index contributed by atoms with van der Waals surface area (Å²) < 4.78 is 0. The van der Waals surface area contributed by atoms with Gasteiger partial charge in [0, 0.05) is 25.0 Å². The van der Waals surface area contributed by atoms with Gasteiger partial charge in [0.05, 0.1) is 0 Å². The van der Waals surface area contributed by atoms with E-state index in [-0.39, 0.29) is 5.91 Å². The lowest BCUT2D eigenvalue weighted by molar-refractivity contribution is -0.121. The third-order valence-corrected chi connectivity index (χ3v) is 4.36. The Morgan fingerprint density at radius 1 is 0.833 bits per heavy atom. The Labute approximate surface area is 111 Å². The summed E-state index contributed by atoms with van der Waals surface area (Å²) in [6, 6.07) is 1.13. The number of amides is 1. The molecule has 2 fully saturated rings. The number of hydrogen-bond acceptors (Lipinski definition) is 2. The Bertz CT molecular complexity index is 241. The van der Waals surface area contributed by atoms with Gasteiger partial charge in [0.1, 0.15) is 0 Å². The van der Waals surface area contributed by atoms with Crippen LogP contribution in [-0.2, 0) is 4.79 Å². The Morgan fingerprint density at radius 2 is 1.39 bits per heavy atom. The number of rotatable bonds is 5. The van der Waals surface area contributed by atoms with Gasteiger partial charge in [-0.3, -0.25) is 4.79 Å². The van der Waals surface area contributed by atoms with Gasteiger partial charge in [-0.25, -0.2) is 0 Å². The monoisotopic (exact) mass is 252 g/mol. The van der Waals surface area contributed by atoms with Crippen molar-refractivity contribution in [1.29, 1.82) is 0 Å². The van der Waals surface area contributed by atoms with E-state index in [9.17, 15) is 4.79 Å². The highest BCUT2D eigenvalue weighted by molar-refractivity contribution is 5.76. The quantitative estimate of drug-likeness (QED) is 0.739. The van der Waals surface area contributed by atoms with E-state index in [0.29, 0.717) is 18.5 Å². The maximum atomic E-state index is 11.8. The second-order valence-corrected chi connectivity index (χ2v) is 5.94. The summed E-state index contributed by atoms with van der Waals surface area (Å²) in [6.45, 7) is 0.850. The molecule has 2 saturated carbocycles. The summed E-state index contributed by atoms with van der Waals surface area (Å²) in [7, 11) is 0. The van der Waals surface area contributed by atoms with E-state index in [0.717, 1.165) is 6.54 Å². The fraction of sp³-hybridized carbons (Fsp3) is 0.933. The highest BCUT2D eigenvalue weighted by Crippen LogP contribution is 2.18. The van der Waals surface area contributed by atoms with Gasteiger partial charge in [-0.2, -0.15) is 0 Å². The van der Waals surface area contributed by atoms with E-state index >= 15 is 0 Å². The highest BCUT2D eigenvalue weighted by Gasteiger charge is 2.17. The average Bonchev–Trinajstić information content (AvgIpc) is 2.72. The zero-order chi connectivity index (χ0) is 12.6. The smallest absolute Gasteiger partial charge is 0.221 e. The van der Waals surface area contributed by atoms with Crippen molar-refractivity contribution in [3.8, 4) is 0 Å². The molecule has 2 aliphatic carbocycles. The largest absolute Gasteiger partial charge is 0.353 e. The zero-order valence-electron chi connectivity index (χ0n) is 11.5. The van der Waals surface area contributed by atoms with Crippen molar-refractivity contribution in [1.82, 2.24) is 10.6 Å². The van der Waals surface area contributed by atoms with Gasteiger partial charge in [0.25, 0.3) is 0 Å². The van der Waals surface area contributed by atoms with Gasteiger partial charge in [-0.15, -0.1) is 0 Å². The van der Waals surface area contributed by atoms with Gasteiger partial charge in [0.2, 0.25) is 5.91 Å². The third kappa shape index (κ3) is 4.97. The molecule has 0 atom stereocenters. The molecular formula is C15H28N2O. The molecule has 0 heterocycles. The van der Waals surface area contributed by atoms with Crippen molar-refractivity contribution in [3.05, 3.63) is 0 Å². The molecule has 3 heteroatoms. The van der Waals surface area contributed by atoms with E-state index < -0.39 is 0 Å². The molecule has 0 bridgehead atoms. The topological polar surface area (TPSA) is 41.1 Å². The molecule has 0 saturated heterocycles.